The summed E-state index contributed by atoms with van der Waals surface area (Å²) in [5.74, 6) is 0.762. The van der Waals surface area contributed by atoms with Crippen LogP contribution < -0.4 is 5.32 Å². The first-order valence-electron chi connectivity index (χ1n) is 8.07. The molecule has 0 spiro atoms. The number of oxazole rings is 1. The highest BCUT2D eigenvalue weighted by atomic mass is 16.3. The van der Waals surface area contributed by atoms with E-state index < -0.39 is 0 Å². The van der Waals surface area contributed by atoms with Gasteiger partial charge in [0.15, 0.2) is 11.5 Å². The molecule has 1 atom stereocenters. The Hall–Kier alpha value is -1.88. The Morgan fingerprint density at radius 3 is 3.09 bits per heavy atom. The van der Waals surface area contributed by atoms with Crippen molar-refractivity contribution in [2.75, 3.05) is 19.6 Å². The number of para-hydroxylation sites is 2. The van der Waals surface area contributed by atoms with E-state index >= 15 is 0 Å². The first-order valence-corrected chi connectivity index (χ1v) is 8.07. The van der Waals surface area contributed by atoms with Crippen LogP contribution in [0.15, 0.2) is 28.7 Å². The Balaban J connectivity index is 1.45. The molecule has 1 amide bonds. The van der Waals surface area contributed by atoms with Gasteiger partial charge in [-0.3, -0.25) is 9.69 Å². The smallest absolute Gasteiger partial charge is 0.234 e. The zero-order valence-corrected chi connectivity index (χ0v) is 13.0. The van der Waals surface area contributed by atoms with Crippen molar-refractivity contribution in [3.63, 3.8) is 0 Å². The van der Waals surface area contributed by atoms with E-state index in [1.807, 2.05) is 24.3 Å². The summed E-state index contributed by atoms with van der Waals surface area (Å²) in [5, 5.41) is 2.96. The van der Waals surface area contributed by atoms with Crippen molar-refractivity contribution >= 4 is 17.0 Å². The molecule has 3 rings (SSSR count). The largest absolute Gasteiger partial charge is 0.441 e. The molecular formula is C17H23N3O2. The lowest BCUT2D eigenvalue weighted by Gasteiger charge is -2.32. The number of carbonyl (C=O) groups is 1. The van der Waals surface area contributed by atoms with Gasteiger partial charge in [-0.1, -0.05) is 18.6 Å². The summed E-state index contributed by atoms with van der Waals surface area (Å²) < 4.78 is 5.64. The highest BCUT2D eigenvalue weighted by Gasteiger charge is 2.20. The normalized spacial score (nSPS) is 19.4. The maximum atomic E-state index is 12.0. The monoisotopic (exact) mass is 301 g/mol. The fourth-order valence-corrected chi connectivity index (χ4v) is 2.97. The van der Waals surface area contributed by atoms with Gasteiger partial charge in [-0.15, -0.1) is 0 Å². The molecule has 2 heterocycles. The fraction of sp³-hybridized carbons (Fsp3) is 0.529. The van der Waals surface area contributed by atoms with E-state index in [0.29, 0.717) is 31.4 Å². The van der Waals surface area contributed by atoms with E-state index in [9.17, 15) is 4.79 Å². The SMILES string of the molecule is C[C@@H]1CCCCN1CC(=O)NCCc1nc2ccccc2o1. The number of hydrogen-bond acceptors (Lipinski definition) is 4. The minimum Gasteiger partial charge on any atom is -0.441 e. The Kier molecular flexibility index (Phi) is 4.73. The van der Waals surface area contributed by atoms with Gasteiger partial charge in [0.05, 0.1) is 6.54 Å². The minimum absolute atomic E-state index is 0.0878. The van der Waals surface area contributed by atoms with Crippen LogP contribution in [0.25, 0.3) is 11.1 Å². The molecule has 1 fully saturated rings. The van der Waals surface area contributed by atoms with E-state index in [1.165, 1.54) is 19.3 Å². The molecule has 1 aliphatic heterocycles. The second-order valence-electron chi connectivity index (χ2n) is 5.99. The number of benzene rings is 1. The Morgan fingerprint density at radius 2 is 2.27 bits per heavy atom. The molecule has 5 nitrogen and oxygen atoms in total. The molecule has 1 aromatic carbocycles. The van der Waals surface area contributed by atoms with Crippen LogP contribution >= 0.6 is 0 Å². The fourth-order valence-electron chi connectivity index (χ4n) is 2.97. The molecule has 1 aliphatic rings. The maximum Gasteiger partial charge on any atom is 0.234 e. The number of likely N-dealkylation sites (tertiary alicyclic amines) is 1. The number of carbonyl (C=O) groups excluding carboxylic acids is 1. The number of hydrogen-bond donors (Lipinski definition) is 1. The van der Waals surface area contributed by atoms with E-state index in [4.69, 9.17) is 4.42 Å². The van der Waals surface area contributed by atoms with Crippen LogP contribution in [0.4, 0.5) is 0 Å². The van der Waals surface area contributed by atoms with Gasteiger partial charge in [-0.05, 0) is 38.4 Å². The van der Waals surface area contributed by atoms with Crippen molar-refractivity contribution in [3.05, 3.63) is 30.2 Å². The standard InChI is InChI=1S/C17H23N3O2/c1-13-6-4-5-11-20(13)12-16(21)18-10-9-17-19-14-7-2-3-8-15(14)22-17/h2-3,7-8,13H,4-6,9-12H2,1H3,(H,18,21)/t13-/m1/s1. The zero-order valence-electron chi connectivity index (χ0n) is 13.0. The summed E-state index contributed by atoms with van der Waals surface area (Å²) in [4.78, 5) is 18.7. The molecule has 0 saturated carbocycles. The third-order valence-electron chi connectivity index (χ3n) is 4.29. The number of nitrogens with zero attached hydrogens (tertiary/aromatic N) is 2. The third kappa shape index (κ3) is 3.65. The predicted octanol–water partition coefficient (Wildman–Crippen LogP) is 2.36. The quantitative estimate of drug-likeness (QED) is 0.921. The summed E-state index contributed by atoms with van der Waals surface area (Å²) in [6.45, 7) is 4.28. The van der Waals surface area contributed by atoms with Crippen molar-refractivity contribution in [2.45, 2.75) is 38.6 Å². The number of amides is 1. The first kappa shape index (κ1) is 15.0. The Morgan fingerprint density at radius 1 is 1.41 bits per heavy atom. The number of nitrogens with one attached hydrogen (secondary N) is 1. The van der Waals surface area contributed by atoms with Crippen molar-refractivity contribution in [1.82, 2.24) is 15.2 Å². The van der Waals surface area contributed by atoms with Gasteiger partial charge in [-0.2, -0.15) is 0 Å². The van der Waals surface area contributed by atoms with Gasteiger partial charge in [0.1, 0.15) is 5.52 Å². The third-order valence-corrected chi connectivity index (χ3v) is 4.29. The van der Waals surface area contributed by atoms with Crippen molar-refractivity contribution < 1.29 is 9.21 Å². The minimum atomic E-state index is 0.0878. The summed E-state index contributed by atoms with van der Waals surface area (Å²) in [5.41, 5.74) is 1.66. The molecule has 0 unspecified atom stereocenters. The molecule has 5 heteroatoms. The number of rotatable bonds is 5. The summed E-state index contributed by atoms with van der Waals surface area (Å²) in [7, 11) is 0. The second kappa shape index (κ2) is 6.92. The molecule has 1 N–H and O–H groups in total. The average molecular weight is 301 g/mol. The summed E-state index contributed by atoms with van der Waals surface area (Å²) in [6.07, 6.45) is 4.28. The molecule has 22 heavy (non-hydrogen) atoms. The summed E-state index contributed by atoms with van der Waals surface area (Å²) in [6, 6.07) is 8.21. The van der Waals surface area contributed by atoms with E-state index in [1.54, 1.807) is 0 Å². The van der Waals surface area contributed by atoms with Gasteiger partial charge >= 0.3 is 0 Å². The van der Waals surface area contributed by atoms with E-state index in [2.05, 4.69) is 22.1 Å². The van der Waals surface area contributed by atoms with E-state index in [0.717, 1.165) is 17.6 Å². The molecule has 1 aromatic heterocycles. The van der Waals surface area contributed by atoms with Crippen LogP contribution in [0.2, 0.25) is 0 Å². The molecule has 2 aromatic rings. The molecular weight excluding hydrogens is 278 g/mol. The van der Waals surface area contributed by atoms with Gasteiger partial charge in [0.25, 0.3) is 0 Å². The van der Waals surface area contributed by atoms with Crippen LogP contribution in [0, 0.1) is 0 Å². The lowest BCUT2D eigenvalue weighted by atomic mass is 10.0. The van der Waals surface area contributed by atoms with E-state index in [-0.39, 0.29) is 5.91 Å². The average Bonchev–Trinajstić information content (AvgIpc) is 2.92. The van der Waals surface area contributed by atoms with Crippen molar-refractivity contribution in [2.24, 2.45) is 0 Å². The molecule has 0 aliphatic carbocycles. The van der Waals surface area contributed by atoms with Gasteiger partial charge in [0.2, 0.25) is 5.91 Å². The maximum absolute atomic E-state index is 12.0. The van der Waals surface area contributed by atoms with Crippen molar-refractivity contribution in [3.8, 4) is 0 Å². The Labute approximate surface area is 130 Å². The summed E-state index contributed by atoms with van der Waals surface area (Å²) >= 11 is 0. The van der Waals surface area contributed by atoms with Crippen LogP contribution in [-0.4, -0.2) is 41.5 Å². The van der Waals surface area contributed by atoms with Crippen molar-refractivity contribution in [1.29, 1.82) is 0 Å². The number of piperidine rings is 1. The van der Waals surface area contributed by atoms with Crippen LogP contribution in [0.5, 0.6) is 0 Å². The van der Waals surface area contributed by atoms with Gasteiger partial charge < -0.3 is 9.73 Å². The molecule has 118 valence electrons. The predicted molar refractivity (Wildman–Crippen MR) is 85.6 cm³/mol. The lowest BCUT2D eigenvalue weighted by molar-refractivity contribution is -0.123. The number of aromatic nitrogens is 1. The van der Waals surface area contributed by atoms with Crippen LogP contribution in [-0.2, 0) is 11.2 Å². The van der Waals surface area contributed by atoms with Crippen LogP contribution in [0.3, 0.4) is 0 Å². The number of fused-ring (bicyclic) bond motifs is 1. The highest BCUT2D eigenvalue weighted by molar-refractivity contribution is 5.78. The van der Waals surface area contributed by atoms with Gasteiger partial charge in [0, 0.05) is 19.0 Å². The van der Waals surface area contributed by atoms with Crippen LogP contribution in [0.1, 0.15) is 32.1 Å². The first-order chi connectivity index (χ1) is 10.7. The lowest BCUT2D eigenvalue weighted by Crippen LogP contribution is -2.44. The highest BCUT2D eigenvalue weighted by Crippen LogP contribution is 2.16. The second-order valence-corrected chi connectivity index (χ2v) is 5.99. The molecule has 0 bridgehead atoms. The topological polar surface area (TPSA) is 58.4 Å². The molecule has 0 radical (unpaired) electrons. The molecule has 1 saturated heterocycles. The Bertz CT molecular complexity index is 605. The zero-order chi connectivity index (χ0) is 15.4. The van der Waals surface area contributed by atoms with Gasteiger partial charge in [-0.25, -0.2) is 4.98 Å².